The van der Waals surface area contributed by atoms with Gasteiger partial charge < -0.3 is 14.1 Å². The summed E-state index contributed by atoms with van der Waals surface area (Å²) < 4.78 is 35.6. The van der Waals surface area contributed by atoms with Crippen LogP contribution in [0.2, 0.25) is 0 Å². The van der Waals surface area contributed by atoms with Crippen molar-refractivity contribution in [3.05, 3.63) is 52.4 Å². The first-order valence-electron chi connectivity index (χ1n) is 8.86. The molecule has 2 heterocycles. The Morgan fingerprint density at radius 1 is 1.33 bits per heavy atom. The van der Waals surface area contributed by atoms with Crippen LogP contribution in [0.15, 0.2) is 45.5 Å². The number of hydrogen-bond acceptors (Lipinski definition) is 5. The zero-order valence-corrected chi connectivity index (χ0v) is 17.5. The maximum absolute atomic E-state index is 13.2. The normalized spacial score (nSPS) is 18.4. The number of carbonyl (C=O) groups is 1. The van der Waals surface area contributed by atoms with E-state index in [2.05, 4.69) is 15.9 Å². The Labute approximate surface area is 167 Å². The summed E-state index contributed by atoms with van der Waals surface area (Å²) in [5.41, 5.74) is 0.471. The number of carbonyl (C=O) groups excluding carboxylic acids is 1. The van der Waals surface area contributed by atoms with Gasteiger partial charge in [-0.1, -0.05) is 13.0 Å². The molecule has 1 amide bonds. The van der Waals surface area contributed by atoms with E-state index in [4.69, 9.17) is 9.15 Å². The van der Waals surface area contributed by atoms with Crippen molar-refractivity contribution < 1.29 is 22.4 Å². The number of amides is 1. The number of sulfone groups is 1. The summed E-state index contributed by atoms with van der Waals surface area (Å²) in [4.78, 5) is 14.8. The molecule has 1 aromatic carbocycles. The Hall–Kier alpha value is -1.80. The lowest BCUT2D eigenvalue weighted by molar-refractivity contribution is 0.0665. The Kier molecular flexibility index (Phi) is 6.26. The third-order valence-electron chi connectivity index (χ3n) is 4.42. The fourth-order valence-corrected chi connectivity index (χ4v) is 5.17. The molecule has 1 fully saturated rings. The zero-order valence-electron chi connectivity index (χ0n) is 15.1. The molecule has 8 heteroatoms. The molecular weight excluding hydrogens is 434 g/mol. The maximum atomic E-state index is 13.2. The largest absolute Gasteiger partial charge is 0.494 e. The summed E-state index contributed by atoms with van der Waals surface area (Å²) in [5.74, 6) is 1.07. The third-order valence-corrected chi connectivity index (χ3v) is 6.60. The molecule has 1 saturated heterocycles. The van der Waals surface area contributed by atoms with Crippen molar-refractivity contribution in [1.82, 2.24) is 4.90 Å². The monoisotopic (exact) mass is 455 g/mol. The molecule has 1 aliphatic rings. The van der Waals surface area contributed by atoms with Crippen molar-refractivity contribution in [1.29, 1.82) is 0 Å². The first-order chi connectivity index (χ1) is 12.9. The van der Waals surface area contributed by atoms with Crippen LogP contribution in [0, 0.1) is 0 Å². The maximum Gasteiger partial charge on any atom is 0.254 e. The molecule has 6 nitrogen and oxygen atoms in total. The number of furan rings is 1. The van der Waals surface area contributed by atoms with Gasteiger partial charge in [0.25, 0.3) is 5.91 Å². The van der Waals surface area contributed by atoms with E-state index in [1.807, 2.05) is 6.92 Å². The quantitative estimate of drug-likeness (QED) is 0.636. The van der Waals surface area contributed by atoms with Crippen molar-refractivity contribution >= 4 is 31.7 Å². The highest BCUT2D eigenvalue weighted by atomic mass is 79.9. The van der Waals surface area contributed by atoms with E-state index in [0.29, 0.717) is 34.8 Å². The Balaban J connectivity index is 1.86. The van der Waals surface area contributed by atoms with Gasteiger partial charge >= 0.3 is 0 Å². The van der Waals surface area contributed by atoms with Crippen molar-refractivity contribution in [2.75, 3.05) is 18.1 Å². The second-order valence-corrected chi connectivity index (χ2v) is 9.58. The van der Waals surface area contributed by atoms with Crippen molar-refractivity contribution in [2.45, 2.75) is 32.4 Å². The van der Waals surface area contributed by atoms with Gasteiger partial charge in [0.05, 0.1) is 24.7 Å². The van der Waals surface area contributed by atoms with Crippen LogP contribution in [0.3, 0.4) is 0 Å². The van der Waals surface area contributed by atoms with E-state index in [1.54, 1.807) is 41.3 Å². The molecule has 1 aliphatic heterocycles. The van der Waals surface area contributed by atoms with Crippen molar-refractivity contribution in [3.8, 4) is 5.75 Å². The molecular formula is C19H22BrNO5S. The molecule has 0 radical (unpaired) electrons. The van der Waals surface area contributed by atoms with Gasteiger partial charge in [-0.25, -0.2) is 8.42 Å². The molecule has 0 aliphatic carbocycles. The van der Waals surface area contributed by atoms with Crippen LogP contribution in [-0.2, 0) is 16.4 Å². The van der Waals surface area contributed by atoms with Gasteiger partial charge in [0.1, 0.15) is 11.5 Å². The highest BCUT2D eigenvalue weighted by Crippen LogP contribution is 2.25. The number of halogens is 1. The summed E-state index contributed by atoms with van der Waals surface area (Å²) in [6, 6.07) is 10.2. The molecule has 2 aromatic rings. The second kappa shape index (κ2) is 8.48. The van der Waals surface area contributed by atoms with Crippen LogP contribution < -0.4 is 4.74 Å². The molecule has 0 unspecified atom stereocenters. The van der Waals surface area contributed by atoms with Gasteiger partial charge in [-0.05, 0) is 59.1 Å². The standard InChI is InChI=1S/C19H22BrNO5S/c1-2-9-25-16-5-3-4-14(11-16)19(22)21(12-17-6-7-18(20)26-17)15-8-10-27(23,24)13-15/h3-7,11,15H,2,8-10,12-13H2,1H3/t15-/m1/s1. The Bertz CT molecular complexity index is 908. The highest BCUT2D eigenvalue weighted by molar-refractivity contribution is 9.10. The lowest BCUT2D eigenvalue weighted by Crippen LogP contribution is -2.40. The third kappa shape index (κ3) is 5.13. The van der Waals surface area contributed by atoms with E-state index >= 15 is 0 Å². The van der Waals surface area contributed by atoms with Crippen LogP contribution >= 0.6 is 15.9 Å². The summed E-state index contributed by atoms with van der Waals surface area (Å²) >= 11 is 3.26. The summed E-state index contributed by atoms with van der Waals surface area (Å²) in [5, 5.41) is 0. The SMILES string of the molecule is CCCOc1cccc(C(=O)N(Cc2ccc(Br)o2)[C@@H]2CCS(=O)(=O)C2)c1. The molecule has 1 atom stereocenters. The van der Waals surface area contributed by atoms with Gasteiger partial charge in [0, 0.05) is 11.6 Å². The predicted octanol–water partition coefficient (Wildman–Crippen LogP) is 3.66. The average Bonchev–Trinajstić information content (AvgIpc) is 3.22. The van der Waals surface area contributed by atoms with Crippen molar-refractivity contribution in [3.63, 3.8) is 0 Å². The van der Waals surface area contributed by atoms with Crippen LogP contribution in [0.25, 0.3) is 0 Å². The van der Waals surface area contributed by atoms with Gasteiger partial charge in [0.15, 0.2) is 14.5 Å². The van der Waals surface area contributed by atoms with E-state index in [9.17, 15) is 13.2 Å². The first kappa shape index (κ1) is 19.9. The molecule has 0 N–H and O–H groups in total. The molecule has 0 spiro atoms. The second-order valence-electron chi connectivity index (χ2n) is 6.57. The van der Waals surface area contributed by atoms with E-state index in [0.717, 1.165) is 6.42 Å². The molecule has 27 heavy (non-hydrogen) atoms. The summed E-state index contributed by atoms with van der Waals surface area (Å²) in [7, 11) is -3.12. The van der Waals surface area contributed by atoms with Crippen LogP contribution in [-0.4, -0.2) is 43.4 Å². The highest BCUT2D eigenvalue weighted by Gasteiger charge is 2.35. The average molecular weight is 456 g/mol. The molecule has 0 saturated carbocycles. The van der Waals surface area contributed by atoms with Crippen LogP contribution in [0.5, 0.6) is 5.75 Å². The predicted molar refractivity (Wildman–Crippen MR) is 106 cm³/mol. The van der Waals surface area contributed by atoms with Gasteiger partial charge in [-0.15, -0.1) is 0 Å². The number of nitrogens with zero attached hydrogens (tertiary/aromatic N) is 1. The minimum atomic E-state index is -3.12. The Morgan fingerprint density at radius 2 is 2.15 bits per heavy atom. The lowest BCUT2D eigenvalue weighted by atomic mass is 10.1. The number of rotatable bonds is 7. The van der Waals surface area contributed by atoms with Crippen LogP contribution in [0.4, 0.5) is 0 Å². The Morgan fingerprint density at radius 3 is 2.78 bits per heavy atom. The first-order valence-corrected chi connectivity index (χ1v) is 11.5. The zero-order chi connectivity index (χ0) is 19.4. The molecule has 3 rings (SSSR count). The smallest absolute Gasteiger partial charge is 0.254 e. The number of hydrogen-bond donors (Lipinski definition) is 0. The number of benzene rings is 1. The van der Waals surface area contributed by atoms with E-state index in [1.165, 1.54) is 0 Å². The van der Waals surface area contributed by atoms with Gasteiger partial charge in [-0.2, -0.15) is 0 Å². The van der Waals surface area contributed by atoms with Gasteiger partial charge in [-0.3, -0.25) is 4.79 Å². The fourth-order valence-electron chi connectivity index (χ4n) is 3.10. The summed E-state index contributed by atoms with van der Waals surface area (Å²) in [6.07, 6.45) is 1.31. The molecule has 146 valence electrons. The minimum absolute atomic E-state index is 0.0212. The molecule has 1 aromatic heterocycles. The topological polar surface area (TPSA) is 76.8 Å². The molecule has 0 bridgehead atoms. The van der Waals surface area contributed by atoms with Gasteiger partial charge in [0.2, 0.25) is 0 Å². The fraction of sp³-hybridized carbons (Fsp3) is 0.421. The lowest BCUT2D eigenvalue weighted by Gasteiger charge is -2.27. The van der Waals surface area contributed by atoms with Crippen LogP contribution in [0.1, 0.15) is 35.9 Å². The number of ether oxygens (including phenoxy) is 1. The van der Waals surface area contributed by atoms with Crippen molar-refractivity contribution in [2.24, 2.45) is 0 Å². The summed E-state index contributed by atoms with van der Waals surface area (Å²) in [6.45, 7) is 2.80. The van der Waals surface area contributed by atoms with E-state index < -0.39 is 9.84 Å². The van der Waals surface area contributed by atoms with E-state index in [-0.39, 0.29) is 30.0 Å². The minimum Gasteiger partial charge on any atom is -0.494 e.